The lowest BCUT2D eigenvalue weighted by molar-refractivity contribution is -0.136. The first-order valence-corrected chi connectivity index (χ1v) is 8.57. The summed E-state index contributed by atoms with van der Waals surface area (Å²) in [4.78, 5) is 30.8. The third-order valence-corrected chi connectivity index (χ3v) is 4.94. The Morgan fingerprint density at radius 1 is 1.17 bits per heavy atom. The maximum atomic E-state index is 12.6. The van der Waals surface area contributed by atoms with Crippen molar-refractivity contribution in [1.82, 2.24) is 9.80 Å². The molecule has 2 saturated heterocycles. The zero-order valence-corrected chi connectivity index (χ0v) is 14.4. The minimum atomic E-state index is -0.237. The molecule has 6 nitrogen and oxygen atoms in total. The van der Waals surface area contributed by atoms with E-state index >= 15 is 0 Å². The number of benzene rings is 1. The molecule has 0 aliphatic carbocycles. The Hall–Kier alpha value is -2.08. The number of hydrogen-bond acceptors (Lipinski definition) is 4. The van der Waals surface area contributed by atoms with Crippen molar-refractivity contribution in [1.29, 1.82) is 0 Å². The van der Waals surface area contributed by atoms with Gasteiger partial charge in [-0.1, -0.05) is 6.07 Å². The van der Waals surface area contributed by atoms with Crippen LogP contribution in [0.5, 0.6) is 5.75 Å². The summed E-state index contributed by atoms with van der Waals surface area (Å²) in [5.74, 6) is 0.908. The van der Waals surface area contributed by atoms with Crippen molar-refractivity contribution in [2.24, 2.45) is 0 Å². The first-order chi connectivity index (χ1) is 11.6. The second kappa shape index (κ2) is 7.21. The van der Waals surface area contributed by atoms with Crippen molar-refractivity contribution < 1.29 is 14.3 Å². The monoisotopic (exact) mass is 331 g/mol. The van der Waals surface area contributed by atoms with Crippen LogP contribution in [0.2, 0.25) is 0 Å². The molecule has 0 aromatic heterocycles. The molecule has 0 saturated carbocycles. The molecule has 0 bridgehead atoms. The molecule has 1 unspecified atom stereocenters. The molecule has 0 radical (unpaired) electrons. The van der Waals surface area contributed by atoms with E-state index in [1.54, 1.807) is 12.0 Å². The fourth-order valence-corrected chi connectivity index (χ4v) is 3.43. The SMILES string of the molecule is COc1cccc(N2CCN(C(C)C(=O)N3CCCC3)CC2=O)c1. The van der Waals surface area contributed by atoms with E-state index in [0.29, 0.717) is 13.1 Å². The summed E-state index contributed by atoms with van der Waals surface area (Å²) < 4.78 is 5.23. The summed E-state index contributed by atoms with van der Waals surface area (Å²) >= 11 is 0. The van der Waals surface area contributed by atoms with E-state index in [1.807, 2.05) is 41.0 Å². The lowest BCUT2D eigenvalue weighted by atomic mass is 10.1. The number of anilines is 1. The summed E-state index contributed by atoms with van der Waals surface area (Å²) in [5.41, 5.74) is 0.845. The molecule has 2 fully saturated rings. The van der Waals surface area contributed by atoms with Crippen LogP contribution in [-0.4, -0.2) is 67.5 Å². The average molecular weight is 331 g/mol. The second-order valence-electron chi connectivity index (χ2n) is 6.43. The molecule has 24 heavy (non-hydrogen) atoms. The predicted octanol–water partition coefficient (Wildman–Crippen LogP) is 1.35. The summed E-state index contributed by atoms with van der Waals surface area (Å²) in [6, 6.07) is 7.29. The number of piperazine rings is 1. The van der Waals surface area contributed by atoms with Gasteiger partial charge in [-0.3, -0.25) is 14.5 Å². The van der Waals surface area contributed by atoms with Crippen molar-refractivity contribution >= 4 is 17.5 Å². The van der Waals surface area contributed by atoms with Crippen LogP contribution in [0.4, 0.5) is 5.69 Å². The lowest BCUT2D eigenvalue weighted by Gasteiger charge is -2.38. The molecule has 2 heterocycles. The highest BCUT2D eigenvalue weighted by molar-refractivity contribution is 5.96. The second-order valence-corrected chi connectivity index (χ2v) is 6.43. The van der Waals surface area contributed by atoms with E-state index in [4.69, 9.17) is 4.74 Å². The van der Waals surface area contributed by atoms with Gasteiger partial charge < -0.3 is 14.5 Å². The van der Waals surface area contributed by atoms with Crippen molar-refractivity contribution in [3.05, 3.63) is 24.3 Å². The minimum Gasteiger partial charge on any atom is -0.497 e. The van der Waals surface area contributed by atoms with Crippen LogP contribution < -0.4 is 9.64 Å². The Bertz CT molecular complexity index is 613. The Morgan fingerprint density at radius 3 is 2.58 bits per heavy atom. The van der Waals surface area contributed by atoms with Gasteiger partial charge >= 0.3 is 0 Å². The van der Waals surface area contributed by atoms with E-state index in [9.17, 15) is 9.59 Å². The molecular formula is C18H25N3O3. The number of methoxy groups -OCH3 is 1. The first-order valence-electron chi connectivity index (χ1n) is 8.57. The van der Waals surface area contributed by atoms with Crippen LogP contribution in [-0.2, 0) is 9.59 Å². The zero-order chi connectivity index (χ0) is 17.1. The zero-order valence-electron chi connectivity index (χ0n) is 14.4. The number of carbonyl (C=O) groups is 2. The molecular weight excluding hydrogens is 306 g/mol. The van der Waals surface area contributed by atoms with Crippen LogP contribution >= 0.6 is 0 Å². The Labute approximate surface area is 143 Å². The molecule has 0 N–H and O–H groups in total. The molecule has 0 spiro atoms. The average Bonchev–Trinajstić information content (AvgIpc) is 3.15. The smallest absolute Gasteiger partial charge is 0.241 e. The van der Waals surface area contributed by atoms with Crippen LogP contribution in [0.15, 0.2) is 24.3 Å². The van der Waals surface area contributed by atoms with E-state index in [-0.39, 0.29) is 24.4 Å². The van der Waals surface area contributed by atoms with E-state index in [2.05, 4.69) is 0 Å². The van der Waals surface area contributed by atoms with Crippen molar-refractivity contribution in [3.63, 3.8) is 0 Å². The van der Waals surface area contributed by atoms with E-state index in [1.165, 1.54) is 0 Å². The van der Waals surface area contributed by atoms with Gasteiger partial charge in [0.05, 0.1) is 19.7 Å². The highest BCUT2D eigenvalue weighted by Gasteiger charge is 2.33. The quantitative estimate of drug-likeness (QED) is 0.836. The number of ether oxygens (including phenoxy) is 1. The van der Waals surface area contributed by atoms with Gasteiger partial charge in [-0.05, 0) is 31.9 Å². The summed E-state index contributed by atoms with van der Waals surface area (Å²) in [6.45, 7) is 5.17. The first kappa shape index (κ1) is 16.8. The van der Waals surface area contributed by atoms with Gasteiger partial charge in [0.25, 0.3) is 0 Å². The fourth-order valence-electron chi connectivity index (χ4n) is 3.43. The standard InChI is InChI=1S/C18H25N3O3/c1-14(18(23)19-8-3-4-9-19)20-10-11-21(17(22)13-20)15-6-5-7-16(12-15)24-2/h5-7,12,14H,3-4,8-11,13H2,1-2H3. The normalized spacial score (nSPS) is 20.3. The summed E-state index contributed by atoms with van der Waals surface area (Å²) in [6.07, 6.45) is 2.17. The van der Waals surface area contributed by atoms with Crippen molar-refractivity contribution in [3.8, 4) is 5.75 Å². The number of likely N-dealkylation sites (tertiary alicyclic amines) is 1. The van der Waals surface area contributed by atoms with Gasteiger partial charge in [-0.25, -0.2) is 0 Å². The number of carbonyl (C=O) groups excluding carboxylic acids is 2. The maximum absolute atomic E-state index is 12.6. The number of hydrogen-bond donors (Lipinski definition) is 0. The number of amides is 2. The van der Waals surface area contributed by atoms with Gasteiger partial charge in [0.2, 0.25) is 11.8 Å². The highest BCUT2D eigenvalue weighted by atomic mass is 16.5. The molecule has 2 amide bonds. The van der Waals surface area contributed by atoms with Gasteiger partial charge in [0.1, 0.15) is 5.75 Å². The molecule has 1 aromatic carbocycles. The predicted molar refractivity (Wildman–Crippen MR) is 92.2 cm³/mol. The molecule has 6 heteroatoms. The van der Waals surface area contributed by atoms with Crippen LogP contribution in [0, 0.1) is 0 Å². The number of nitrogens with zero attached hydrogens (tertiary/aromatic N) is 3. The molecule has 3 rings (SSSR count). The third-order valence-electron chi connectivity index (χ3n) is 4.94. The minimum absolute atomic E-state index is 0.0237. The maximum Gasteiger partial charge on any atom is 0.241 e. The van der Waals surface area contributed by atoms with Gasteiger partial charge in [-0.15, -0.1) is 0 Å². The molecule has 1 aromatic rings. The number of rotatable bonds is 4. The van der Waals surface area contributed by atoms with E-state index in [0.717, 1.165) is 37.4 Å². The van der Waals surface area contributed by atoms with Crippen LogP contribution in [0.1, 0.15) is 19.8 Å². The van der Waals surface area contributed by atoms with Gasteiger partial charge in [0.15, 0.2) is 0 Å². The Balaban J connectivity index is 1.64. The molecule has 130 valence electrons. The van der Waals surface area contributed by atoms with Crippen molar-refractivity contribution in [2.75, 3.05) is 44.7 Å². The Morgan fingerprint density at radius 2 is 1.92 bits per heavy atom. The summed E-state index contributed by atoms with van der Waals surface area (Å²) in [5, 5.41) is 0. The molecule has 2 aliphatic heterocycles. The van der Waals surface area contributed by atoms with Crippen LogP contribution in [0.25, 0.3) is 0 Å². The largest absolute Gasteiger partial charge is 0.497 e. The molecule has 1 atom stereocenters. The fraction of sp³-hybridized carbons (Fsp3) is 0.556. The highest BCUT2D eigenvalue weighted by Crippen LogP contribution is 2.23. The van der Waals surface area contributed by atoms with Crippen LogP contribution in [0.3, 0.4) is 0 Å². The Kier molecular flexibility index (Phi) is 5.04. The lowest BCUT2D eigenvalue weighted by Crippen LogP contribution is -2.56. The molecule has 2 aliphatic rings. The topological polar surface area (TPSA) is 53.1 Å². The van der Waals surface area contributed by atoms with Gasteiger partial charge in [-0.2, -0.15) is 0 Å². The van der Waals surface area contributed by atoms with Crippen molar-refractivity contribution in [2.45, 2.75) is 25.8 Å². The third kappa shape index (κ3) is 3.38. The summed E-state index contributed by atoms with van der Waals surface area (Å²) in [7, 11) is 1.62. The van der Waals surface area contributed by atoms with E-state index < -0.39 is 0 Å². The van der Waals surface area contributed by atoms with Gasteiger partial charge in [0, 0.05) is 37.9 Å².